The molecule has 38 heavy (non-hydrogen) atoms. The number of aliphatic imine (C=N–C) groups is 2. The molecule has 3 aliphatic rings. The topological polar surface area (TPSA) is 58.9 Å². The Labute approximate surface area is 221 Å². The summed E-state index contributed by atoms with van der Waals surface area (Å²) in [5.74, 6) is 0. The van der Waals surface area contributed by atoms with Crippen LogP contribution in [0.25, 0.3) is 22.3 Å². The molecule has 1 fully saturated rings. The van der Waals surface area contributed by atoms with E-state index in [4.69, 9.17) is 0 Å². The van der Waals surface area contributed by atoms with Crippen LogP contribution in [0, 0.1) is 0 Å². The fourth-order valence-electron chi connectivity index (χ4n) is 7.53. The Bertz CT molecular complexity index is 1590. The summed E-state index contributed by atoms with van der Waals surface area (Å²) in [4.78, 5) is 32.0. The van der Waals surface area contributed by atoms with E-state index in [0.717, 1.165) is 56.1 Å². The SMILES string of the molecule is O=C=Nc1ccc2c(c1C1(c3c(N=C=O)ccc4c3Cc3ccccc3-4)CCCCC1)Cc1ccccc1-2. The molecule has 0 spiro atoms. The molecule has 4 aromatic carbocycles. The smallest absolute Gasteiger partial charge is 0.211 e. The van der Waals surface area contributed by atoms with Crippen LogP contribution in [0.2, 0.25) is 0 Å². The zero-order chi connectivity index (χ0) is 25.7. The third kappa shape index (κ3) is 3.25. The van der Waals surface area contributed by atoms with E-state index in [1.54, 1.807) is 0 Å². The molecule has 0 unspecified atom stereocenters. The van der Waals surface area contributed by atoms with Crippen LogP contribution in [-0.4, -0.2) is 12.2 Å². The van der Waals surface area contributed by atoms with Crippen molar-refractivity contribution in [3.05, 3.63) is 106 Å². The normalized spacial score (nSPS) is 15.9. The van der Waals surface area contributed by atoms with Gasteiger partial charge in [-0.1, -0.05) is 79.9 Å². The van der Waals surface area contributed by atoms with Crippen molar-refractivity contribution in [2.45, 2.75) is 50.4 Å². The van der Waals surface area contributed by atoms with Crippen LogP contribution >= 0.6 is 0 Å². The number of benzene rings is 4. The van der Waals surface area contributed by atoms with E-state index in [-0.39, 0.29) is 0 Å². The molecule has 4 aromatic rings. The van der Waals surface area contributed by atoms with Crippen LogP contribution in [-0.2, 0) is 27.8 Å². The zero-order valence-electron chi connectivity index (χ0n) is 21.1. The molecule has 0 bridgehead atoms. The van der Waals surface area contributed by atoms with Gasteiger partial charge in [0.25, 0.3) is 0 Å². The summed E-state index contributed by atoms with van der Waals surface area (Å²) in [7, 11) is 0. The van der Waals surface area contributed by atoms with Gasteiger partial charge in [-0.15, -0.1) is 0 Å². The van der Waals surface area contributed by atoms with Crippen molar-refractivity contribution in [3.63, 3.8) is 0 Å². The number of isocyanates is 2. The van der Waals surface area contributed by atoms with E-state index in [2.05, 4.69) is 70.6 Å². The Morgan fingerprint density at radius 3 is 1.50 bits per heavy atom. The third-order valence-corrected chi connectivity index (χ3v) is 8.93. The van der Waals surface area contributed by atoms with Gasteiger partial charge in [-0.3, -0.25) is 0 Å². The Hall–Kier alpha value is -4.36. The standard InChI is InChI=1S/C34H26N2O2/c37-20-35-30-14-12-26-24-10-4-2-8-22(24)18-28(26)32(30)34(16-6-1-7-17-34)33-29-19-23-9-3-5-11-25(23)27(29)13-15-31(33)36-21-38/h2-5,8-15H,1,6-7,16-19H2. The minimum atomic E-state index is -0.426. The van der Waals surface area contributed by atoms with Gasteiger partial charge in [0.2, 0.25) is 12.2 Å². The molecular formula is C34H26N2O2. The molecule has 184 valence electrons. The van der Waals surface area contributed by atoms with Crippen LogP contribution in [0.5, 0.6) is 0 Å². The maximum atomic E-state index is 11.7. The first-order valence-electron chi connectivity index (χ1n) is 13.4. The molecule has 0 atom stereocenters. The molecule has 0 aromatic heterocycles. The lowest BCUT2D eigenvalue weighted by Gasteiger charge is -2.42. The highest BCUT2D eigenvalue weighted by molar-refractivity contribution is 5.86. The first-order valence-corrected chi connectivity index (χ1v) is 13.4. The first-order chi connectivity index (χ1) is 18.7. The van der Waals surface area contributed by atoms with Gasteiger partial charge in [-0.2, -0.15) is 9.98 Å². The van der Waals surface area contributed by atoms with Crippen LogP contribution in [0.15, 0.2) is 82.8 Å². The second-order valence-electron chi connectivity index (χ2n) is 10.7. The lowest BCUT2D eigenvalue weighted by Crippen LogP contribution is -2.33. The van der Waals surface area contributed by atoms with Gasteiger partial charge in [-0.05, 0) is 93.5 Å². The molecule has 7 rings (SSSR count). The number of fused-ring (bicyclic) bond motifs is 6. The molecule has 0 heterocycles. The average molecular weight is 495 g/mol. The molecule has 3 aliphatic carbocycles. The average Bonchev–Trinajstić information content (AvgIpc) is 3.51. The highest BCUT2D eigenvalue weighted by Gasteiger charge is 2.45. The number of hydrogen-bond donors (Lipinski definition) is 0. The zero-order valence-corrected chi connectivity index (χ0v) is 21.1. The summed E-state index contributed by atoms with van der Waals surface area (Å²) in [6.07, 6.45) is 10.4. The predicted octanol–water partition coefficient (Wildman–Crippen LogP) is 8.01. The summed E-state index contributed by atoms with van der Waals surface area (Å²) in [5.41, 5.74) is 13.1. The largest absolute Gasteiger partial charge is 0.240 e. The molecule has 0 amide bonds. The minimum absolute atomic E-state index is 0.426. The van der Waals surface area contributed by atoms with Gasteiger partial charge in [0.1, 0.15) is 0 Å². The van der Waals surface area contributed by atoms with E-state index in [1.165, 1.54) is 44.5 Å². The summed E-state index contributed by atoms with van der Waals surface area (Å²) in [6, 6.07) is 25.3. The Kier molecular flexibility index (Phi) is 5.33. The van der Waals surface area contributed by atoms with E-state index >= 15 is 0 Å². The Balaban J connectivity index is 1.58. The van der Waals surface area contributed by atoms with E-state index < -0.39 is 5.41 Å². The Morgan fingerprint density at radius 2 is 1.03 bits per heavy atom. The maximum Gasteiger partial charge on any atom is 0.240 e. The molecule has 0 saturated heterocycles. The second-order valence-corrected chi connectivity index (χ2v) is 10.7. The van der Waals surface area contributed by atoms with Crippen molar-refractivity contribution in [2.75, 3.05) is 0 Å². The Morgan fingerprint density at radius 1 is 0.553 bits per heavy atom. The van der Waals surface area contributed by atoms with Crippen molar-refractivity contribution in [2.24, 2.45) is 9.98 Å². The van der Waals surface area contributed by atoms with Gasteiger partial charge in [0, 0.05) is 5.41 Å². The summed E-state index contributed by atoms with van der Waals surface area (Å²) < 4.78 is 0. The van der Waals surface area contributed by atoms with Gasteiger partial charge in [0.15, 0.2) is 0 Å². The van der Waals surface area contributed by atoms with E-state index in [1.807, 2.05) is 24.3 Å². The molecule has 0 aliphatic heterocycles. The highest BCUT2D eigenvalue weighted by Crippen LogP contribution is 2.57. The van der Waals surface area contributed by atoms with E-state index in [0.29, 0.717) is 11.4 Å². The van der Waals surface area contributed by atoms with Gasteiger partial charge >= 0.3 is 0 Å². The van der Waals surface area contributed by atoms with Crippen LogP contribution < -0.4 is 0 Å². The molecular weight excluding hydrogens is 468 g/mol. The van der Waals surface area contributed by atoms with Crippen LogP contribution in [0.1, 0.15) is 65.5 Å². The number of rotatable bonds is 4. The molecule has 4 heteroatoms. The van der Waals surface area contributed by atoms with E-state index in [9.17, 15) is 9.59 Å². The van der Waals surface area contributed by atoms with Crippen molar-refractivity contribution in [1.82, 2.24) is 0 Å². The lowest BCUT2D eigenvalue weighted by molar-refractivity contribution is 0.344. The van der Waals surface area contributed by atoms with Gasteiger partial charge < -0.3 is 0 Å². The minimum Gasteiger partial charge on any atom is -0.211 e. The van der Waals surface area contributed by atoms with Crippen molar-refractivity contribution < 1.29 is 9.59 Å². The summed E-state index contributed by atoms with van der Waals surface area (Å²) in [5, 5.41) is 0. The molecule has 1 saturated carbocycles. The maximum absolute atomic E-state index is 11.7. The van der Waals surface area contributed by atoms with Gasteiger partial charge in [0.05, 0.1) is 11.4 Å². The second kappa shape index (κ2) is 8.89. The fraction of sp³-hybridized carbons (Fsp3) is 0.235. The fourth-order valence-corrected chi connectivity index (χ4v) is 7.53. The molecule has 0 radical (unpaired) electrons. The summed E-state index contributed by atoms with van der Waals surface area (Å²) >= 11 is 0. The quantitative estimate of drug-likeness (QED) is 0.184. The predicted molar refractivity (Wildman–Crippen MR) is 149 cm³/mol. The monoisotopic (exact) mass is 494 g/mol. The molecule has 4 nitrogen and oxygen atoms in total. The van der Waals surface area contributed by atoms with Crippen LogP contribution in [0.3, 0.4) is 0 Å². The molecule has 0 N–H and O–H groups in total. The number of hydrogen-bond acceptors (Lipinski definition) is 4. The number of nitrogens with zero attached hydrogens (tertiary/aromatic N) is 2. The third-order valence-electron chi connectivity index (χ3n) is 8.93. The highest BCUT2D eigenvalue weighted by atomic mass is 16.1. The van der Waals surface area contributed by atoms with Crippen molar-refractivity contribution in [3.8, 4) is 22.3 Å². The van der Waals surface area contributed by atoms with Crippen molar-refractivity contribution >= 4 is 23.5 Å². The van der Waals surface area contributed by atoms with Crippen LogP contribution in [0.4, 0.5) is 11.4 Å². The van der Waals surface area contributed by atoms with Crippen molar-refractivity contribution in [1.29, 1.82) is 0 Å². The van der Waals surface area contributed by atoms with Gasteiger partial charge in [-0.25, -0.2) is 9.59 Å². The summed E-state index contributed by atoms with van der Waals surface area (Å²) in [6.45, 7) is 0. The lowest BCUT2D eigenvalue weighted by atomic mass is 9.61. The first kappa shape index (κ1) is 22.8. The number of carbonyl (C=O) groups excluding carboxylic acids is 2.